The molecule has 5 heteroatoms. The minimum Gasteiger partial charge on any atom is -0.320 e. The highest BCUT2D eigenvalue weighted by Crippen LogP contribution is 2.41. The molecular weight excluding hydrogens is 321 g/mol. The smallest absolute Gasteiger partial charge is 0.115 e. The maximum absolute atomic E-state index is 6.21. The summed E-state index contributed by atoms with van der Waals surface area (Å²) in [5, 5.41) is 1.07. The van der Waals surface area contributed by atoms with Crippen LogP contribution in [0.2, 0.25) is 14.4 Å². The SMILES string of the molecule is C[N+](C)(Cc1ccccc1)Cc1sc(Cl)c(Cl)c1Cl. The molecule has 0 radical (unpaired) electrons. The fraction of sp³-hybridized carbons (Fsp3) is 0.286. The summed E-state index contributed by atoms with van der Waals surface area (Å²) in [6.45, 7) is 1.75. The second-order valence-corrected chi connectivity index (χ2v) is 7.63. The molecular formula is C14H15Cl3NS+. The van der Waals surface area contributed by atoms with E-state index in [-0.39, 0.29) is 0 Å². The maximum atomic E-state index is 6.21. The Labute approximate surface area is 132 Å². The molecule has 0 N–H and O–H groups in total. The Hall–Kier alpha value is -0.250. The number of hydrogen-bond donors (Lipinski definition) is 0. The van der Waals surface area contributed by atoms with Gasteiger partial charge in [-0.05, 0) is 0 Å². The lowest BCUT2D eigenvalue weighted by atomic mass is 10.2. The van der Waals surface area contributed by atoms with Gasteiger partial charge in [0.25, 0.3) is 0 Å². The second kappa shape index (κ2) is 6.02. The third-order valence-electron chi connectivity index (χ3n) is 2.85. The monoisotopic (exact) mass is 334 g/mol. The quantitative estimate of drug-likeness (QED) is 0.649. The van der Waals surface area contributed by atoms with E-state index in [9.17, 15) is 0 Å². The summed E-state index contributed by atoms with van der Waals surface area (Å²) in [6.07, 6.45) is 0. The lowest BCUT2D eigenvalue weighted by Gasteiger charge is -2.29. The van der Waals surface area contributed by atoms with E-state index in [0.717, 1.165) is 22.4 Å². The van der Waals surface area contributed by atoms with Crippen LogP contribution < -0.4 is 0 Å². The summed E-state index contributed by atoms with van der Waals surface area (Å²) < 4.78 is 1.37. The number of thiophene rings is 1. The first kappa shape index (κ1) is 15.1. The molecule has 2 aromatic rings. The Bertz CT molecular complexity index is 564. The van der Waals surface area contributed by atoms with Gasteiger partial charge in [-0.1, -0.05) is 65.1 Å². The summed E-state index contributed by atoms with van der Waals surface area (Å²) in [7, 11) is 4.34. The van der Waals surface area contributed by atoms with Crippen LogP contribution in [0.25, 0.3) is 0 Å². The molecule has 0 unspecified atom stereocenters. The molecule has 102 valence electrons. The Kier molecular flexibility index (Phi) is 4.80. The lowest BCUT2D eigenvalue weighted by molar-refractivity contribution is -0.916. The van der Waals surface area contributed by atoms with Gasteiger partial charge in [0.05, 0.1) is 29.0 Å². The van der Waals surface area contributed by atoms with Crippen molar-refractivity contribution in [3.05, 3.63) is 55.2 Å². The van der Waals surface area contributed by atoms with Crippen molar-refractivity contribution >= 4 is 46.1 Å². The van der Waals surface area contributed by atoms with Crippen molar-refractivity contribution in [2.24, 2.45) is 0 Å². The zero-order chi connectivity index (χ0) is 14.0. The van der Waals surface area contributed by atoms with E-state index >= 15 is 0 Å². The van der Waals surface area contributed by atoms with Gasteiger partial charge >= 0.3 is 0 Å². The first-order chi connectivity index (χ1) is 8.89. The average Bonchev–Trinajstić information content (AvgIpc) is 2.57. The van der Waals surface area contributed by atoms with Gasteiger partial charge in [0.2, 0.25) is 0 Å². The maximum Gasteiger partial charge on any atom is 0.115 e. The molecule has 19 heavy (non-hydrogen) atoms. The van der Waals surface area contributed by atoms with Gasteiger partial charge in [-0.3, -0.25) is 0 Å². The molecule has 0 atom stereocenters. The molecule has 0 amide bonds. The van der Waals surface area contributed by atoms with Gasteiger partial charge < -0.3 is 4.48 Å². The van der Waals surface area contributed by atoms with Crippen LogP contribution in [0.3, 0.4) is 0 Å². The molecule has 2 rings (SSSR count). The fourth-order valence-electron chi connectivity index (χ4n) is 2.03. The highest BCUT2D eigenvalue weighted by atomic mass is 35.5. The van der Waals surface area contributed by atoms with Crippen LogP contribution in [0.1, 0.15) is 10.4 Å². The standard InChI is InChI=1S/C14H15Cl3NS/c1-18(2,8-10-6-4-3-5-7-10)9-11-12(15)13(16)14(17)19-11/h3-7H,8-9H2,1-2H3/q+1. The van der Waals surface area contributed by atoms with Crippen LogP contribution in [0.15, 0.2) is 30.3 Å². The van der Waals surface area contributed by atoms with Crippen molar-refractivity contribution in [1.29, 1.82) is 0 Å². The molecule has 1 aromatic carbocycles. The molecule has 1 aromatic heterocycles. The van der Waals surface area contributed by atoms with E-state index in [1.807, 2.05) is 6.07 Å². The molecule has 0 aliphatic rings. The molecule has 0 saturated carbocycles. The Balaban J connectivity index is 2.14. The summed E-state index contributed by atoms with van der Waals surface area (Å²) in [5.74, 6) is 0. The predicted molar refractivity (Wildman–Crippen MR) is 85.3 cm³/mol. The van der Waals surface area contributed by atoms with Crippen molar-refractivity contribution in [3.63, 3.8) is 0 Å². The van der Waals surface area contributed by atoms with Crippen molar-refractivity contribution in [2.75, 3.05) is 14.1 Å². The molecule has 0 aliphatic heterocycles. The van der Waals surface area contributed by atoms with E-state index in [4.69, 9.17) is 34.8 Å². The Morgan fingerprint density at radius 1 is 0.947 bits per heavy atom. The topological polar surface area (TPSA) is 0 Å². The molecule has 0 saturated heterocycles. The first-order valence-electron chi connectivity index (χ1n) is 5.87. The van der Waals surface area contributed by atoms with Crippen molar-refractivity contribution in [1.82, 2.24) is 0 Å². The minimum atomic E-state index is 0.475. The van der Waals surface area contributed by atoms with Crippen LogP contribution in [-0.2, 0) is 13.1 Å². The van der Waals surface area contributed by atoms with E-state index in [1.165, 1.54) is 16.9 Å². The predicted octanol–water partition coefficient (Wildman–Crippen LogP) is 5.48. The van der Waals surface area contributed by atoms with Crippen LogP contribution in [0.4, 0.5) is 0 Å². The lowest BCUT2D eigenvalue weighted by Crippen LogP contribution is -2.37. The first-order valence-corrected chi connectivity index (χ1v) is 7.82. The van der Waals surface area contributed by atoms with Crippen LogP contribution in [0, 0.1) is 0 Å². The van der Waals surface area contributed by atoms with Gasteiger partial charge in [-0.2, -0.15) is 0 Å². The summed E-state index contributed by atoms with van der Waals surface area (Å²) >= 11 is 19.7. The van der Waals surface area contributed by atoms with Gasteiger partial charge in [0.15, 0.2) is 0 Å². The van der Waals surface area contributed by atoms with Crippen molar-refractivity contribution in [3.8, 4) is 0 Å². The Morgan fingerprint density at radius 2 is 1.58 bits per heavy atom. The highest BCUT2D eigenvalue weighted by Gasteiger charge is 2.22. The highest BCUT2D eigenvalue weighted by molar-refractivity contribution is 7.17. The average molecular weight is 336 g/mol. The number of hydrogen-bond acceptors (Lipinski definition) is 1. The van der Waals surface area contributed by atoms with Crippen molar-refractivity contribution < 1.29 is 4.48 Å². The third-order valence-corrected chi connectivity index (χ3v) is 5.44. The number of benzene rings is 1. The molecule has 0 bridgehead atoms. The van der Waals surface area contributed by atoms with Gasteiger partial charge in [0, 0.05) is 5.56 Å². The second-order valence-electron chi connectivity index (χ2n) is 5.16. The molecule has 0 fully saturated rings. The molecule has 0 spiro atoms. The zero-order valence-corrected chi connectivity index (χ0v) is 13.9. The molecule has 0 aliphatic carbocycles. The van der Waals surface area contributed by atoms with Crippen molar-refractivity contribution in [2.45, 2.75) is 13.1 Å². The fourth-order valence-corrected chi connectivity index (χ4v) is 4.08. The van der Waals surface area contributed by atoms with Gasteiger partial charge in [0.1, 0.15) is 17.4 Å². The molecule has 1 heterocycles. The van der Waals surface area contributed by atoms with Gasteiger partial charge in [-0.25, -0.2) is 0 Å². The minimum absolute atomic E-state index is 0.475. The van der Waals surface area contributed by atoms with E-state index in [1.54, 1.807) is 0 Å². The van der Waals surface area contributed by atoms with Crippen LogP contribution in [-0.4, -0.2) is 18.6 Å². The summed E-state index contributed by atoms with van der Waals surface area (Å²) in [4.78, 5) is 1.04. The normalized spacial score (nSPS) is 11.8. The largest absolute Gasteiger partial charge is 0.320 e. The van der Waals surface area contributed by atoms with Crippen LogP contribution >= 0.6 is 46.1 Å². The zero-order valence-electron chi connectivity index (χ0n) is 10.8. The Morgan fingerprint density at radius 3 is 2.11 bits per heavy atom. The number of rotatable bonds is 4. The molecule has 1 nitrogen and oxygen atoms in total. The van der Waals surface area contributed by atoms with E-state index in [2.05, 4.69) is 38.4 Å². The van der Waals surface area contributed by atoms with E-state index in [0.29, 0.717) is 14.4 Å². The van der Waals surface area contributed by atoms with Gasteiger partial charge in [-0.15, -0.1) is 11.3 Å². The number of halogens is 3. The van der Waals surface area contributed by atoms with E-state index < -0.39 is 0 Å². The summed E-state index contributed by atoms with van der Waals surface area (Å²) in [5.41, 5.74) is 1.30. The van der Waals surface area contributed by atoms with Crippen LogP contribution in [0.5, 0.6) is 0 Å². The third kappa shape index (κ3) is 3.87. The number of nitrogens with zero attached hydrogens (tertiary/aromatic N) is 1. The number of quaternary nitrogens is 1. The summed E-state index contributed by atoms with van der Waals surface area (Å²) in [6, 6.07) is 10.4.